The summed E-state index contributed by atoms with van der Waals surface area (Å²) >= 11 is 0. The van der Waals surface area contributed by atoms with Crippen LogP contribution in [0.3, 0.4) is 0 Å². The van der Waals surface area contributed by atoms with E-state index in [0.717, 1.165) is 18.1 Å². The van der Waals surface area contributed by atoms with E-state index in [2.05, 4.69) is 23.7 Å². The van der Waals surface area contributed by atoms with Crippen molar-refractivity contribution in [2.24, 2.45) is 5.73 Å². The molecular weight excluding hydrogens is 230 g/mol. The Labute approximate surface area is 109 Å². The minimum atomic E-state index is 0.329. The number of nitrogens with two attached hydrogens (primary N) is 1. The monoisotopic (exact) mass is 253 g/mol. The van der Waals surface area contributed by atoms with E-state index in [1.165, 1.54) is 0 Å². The van der Waals surface area contributed by atoms with Gasteiger partial charge in [-0.1, -0.05) is 0 Å². The summed E-state index contributed by atoms with van der Waals surface area (Å²) in [7, 11) is 1.66. The molecule has 0 unspecified atom stereocenters. The molecule has 0 atom stereocenters. The first-order chi connectivity index (χ1) is 8.70. The van der Waals surface area contributed by atoms with Crippen molar-refractivity contribution in [2.75, 3.05) is 38.3 Å². The predicted molar refractivity (Wildman–Crippen MR) is 73.1 cm³/mol. The molecule has 1 heterocycles. The average Bonchev–Trinajstić information content (AvgIpc) is 2.38. The second-order valence-electron chi connectivity index (χ2n) is 4.22. The second-order valence-corrected chi connectivity index (χ2v) is 4.22. The zero-order valence-corrected chi connectivity index (χ0v) is 11.4. The zero-order valence-electron chi connectivity index (χ0n) is 11.4. The molecule has 0 aliphatic heterocycles. The Morgan fingerprint density at radius 2 is 2.17 bits per heavy atom. The highest BCUT2D eigenvalue weighted by Gasteiger charge is 2.15. The third-order valence-electron chi connectivity index (χ3n) is 2.60. The SMILES string of the molecule is COc1cccnc1N(CCOCCN)C(C)C. The van der Waals surface area contributed by atoms with Gasteiger partial charge < -0.3 is 20.1 Å². The van der Waals surface area contributed by atoms with Gasteiger partial charge in [-0.2, -0.15) is 0 Å². The van der Waals surface area contributed by atoms with Gasteiger partial charge >= 0.3 is 0 Å². The van der Waals surface area contributed by atoms with Crippen molar-refractivity contribution in [1.82, 2.24) is 4.98 Å². The van der Waals surface area contributed by atoms with Crippen molar-refractivity contribution in [2.45, 2.75) is 19.9 Å². The summed E-state index contributed by atoms with van der Waals surface area (Å²) < 4.78 is 10.8. The zero-order chi connectivity index (χ0) is 13.4. The fourth-order valence-electron chi connectivity index (χ4n) is 1.71. The summed E-state index contributed by atoms with van der Waals surface area (Å²) in [6.07, 6.45) is 1.77. The molecule has 0 aliphatic rings. The van der Waals surface area contributed by atoms with Crippen LogP contribution in [0.4, 0.5) is 5.82 Å². The Balaban J connectivity index is 2.71. The van der Waals surface area contributed by atoms with Gasteiger partial charge in [0.05, 0.1) is 20.3 Å². The lowest BCUT2D eigenvalue weighted by Crippen LogP contribution is -2.35. The fraction of sp³-hybridized carbons (Fsp3) is 0.615. The molecule has 2 N–H and O–H groups in total. The molecule has 0 saturated carbocycles. The molecule has 1 rings (SSSR count). The molecule has 0 saturated heterocycles. The molecule has 0 bridgehead atoms. The summed E-state index contributed by atoms with van der Waals surface area (Å²) in [4.78, 5) is 6.55. The average molecular weight is 253 g/mol. The maximum Gasteiger partial charge on any atom is 0.171 e. The molecule has 0 radical (unpaired) electrons. The summed E-state index contributed by atoms with van der Waals surface area (Å²) in [5, 5.41) is 0. The summed E-state index contributed by atoms with van der Waals surface area (Å²) in [6, 6.07) is 4.11. The Hall–Kier alpha value is -1.33. The first-order valence-electron chi connectivity index (χ1n) is 6.24. The number of pyridine rings is 1. The first-order valence-corrected chi connectivity index (χ1v) is 6.24. The number of hydrogen-bond donors (Lipinski definition) is 1. The van der Waals surface area contributed by atoms with Gasteiger partial charge in [-0.25, -0.2) is 4.98 Å². The minimum Gasteiger partial charge on any atom is -0.493 e. The number of hydrogen-bond acceptors (Lipinski definition) is 5. The quantitative estimate of drug-likeness (QED) is 0.707. The van der Waals surface area contributed by atoms with E-state index in [1.807, 2.05) is 12.1 Å². The van der Waals surface area contributed by atoms with Crippen molar-refractivity contribution >= 4 is 5.82 Å². The van der Waals surface area contributed by atoms with Crippen LogP contribution in [0, 0.1) is 0 Å². The third kappa shape index (κ3) is 4.16. The van der Waals surface area contributed by atoms with E-state index in [4.69, 9.17) is 15.2 Å². The van der Waals surface area contributed by atoms with Gasteiger partial charge in [0.15, 0.2) is 11.6 Å². The summed E-state index contributed by atoms with van der Waals surface area (Å²) in [5.74, 6) is 1.64. The number of rotatable bonds is 8. The number of methoxy groups -OCH3 is 1. The molecule has 1 aromatic rings. The molecule has 0 fully saturated rings. The van der Waals surface area contributed by atoms with Crippen molar-refractivity contribution in [1.29, 1.82) is 0 Å². The first kappa shape index (κ1) is 14.7. The highest BCUT2D eigenvalue weighted by atomic mass is 16.5. The van der Waals surface area contributed by atoms with Crippen molar-refractivity contribution in [3.8, 4) is 5.75 Å². The van der Waals surface area contributed by atoms with Gasteiger partial charge in [-0.15, -0.1) is 0 Å². The number of ether oxygens (including phenoxy) is 2. The largest absolute Gasteiger partial charge is 0.493 e. The second kappa shape index (κ2) is 7.89. The van der Waals surface area contributed by atoms with Gasteiger partial charge in [0.1, 0.15) is 0 Å². The minimum absolute atomic E-state index is 0.329. The number of anilines is 1. The van der Waals surface area contributed by atoms with E-state index >= 15 is 0 Å². The van der Waals surface area contributed by atoms with E-state index in [9.17, 15) is 0 Å². The predicted octanol–water partition coefficient (Wildman–Crippen LogP) is 1.28. The fourth-order valence-corrected chi connectivity index (χ4v) is 1.71. The van der Waals surface area contributed by atoms with Crippen LogP contribution in [0.5, 0.6) is 5.75 Å². The van der Waals surface area contributed by atoms with Gasteiger partial charge in [0.2, 0.25) is 0 Å². The Morgan fingerprint density at radius 3 is 2.78 bits per heavy atom. The molecule has 0 spiro atoms. The van der Waals surface area contributed by atoms with Crippen LogP contribution in [0.1, 0.15) is 13.8 Å². The lowest BCUT2D eigenvalue weighted by atomic mass is 10.3. The van der Waals surface area contributed by atoms with Crippen LogP contribution in [0.15, 0.2) is 18.3 Å². The van der Waals surface area contributed by atoms with Crippen LogP contribution in [0.2, 0.25) is 0 Å². The molecule has 0 aliphatic carbocycles. The standard InChI is InChI=1S/C13H23N3O2/c1-11(2)16(8-10-18-9-6-14)13-12(17-3)5-4-7-15-13/h4-5,7,11H,6,8-10,14H2,1-3H3. The molecule has 0 aromatic carbocycles. The van der Waals surface area contributed by atoms with Gasteiger partial charge in [0, 0.05) is 25.3 Å². The van der Waals surface area contributed by atoms with E-state index in [-0.39, 0.29) is 0 Å². The molecular formula is C13H23N3O2. The lowest BCUT2D eigenvalue weighted by molar-refractivity contribution is 0.146. The van der Waals surface area contributed by atoms with Crippen molar-refractivity contribution < 1.29 is 9.47 Å². The Morgan fingerprint density at radius 1 is 1.39 bits per heavy atom. The van der Waals surface area contributed by atoms with E-state index in [0.29, 0.717) is 25.8 Å². The van der Waals surface area contributed by atoms with Gasteiger partial charge in [0.25, 0.3) is 0 Å². The molecule has 18 heavy (non-hydrogen) atoms. The molecule has 5 nitrogen and oxygen atoms in total. The molecule has 1 aromatic heterocycles. The van der Waals surface area contributed by atoms with Crippen LogP contribution >= 0.6 is 0 Å². The van der Waals surface area contributed by atoms with Crippen molar-refractivity contribution in [3.63, 3.8) is 0 Å². The van der Waals surface area contributed by atoms with Crippen molar-refractivity contribution in [3.05, 3.63) is 18.3 Å². The maximum atomic E-state index is 5.42. The van der Waals surface area contributed by atoms with E-state index < -0.39 is 0 Å². The molecule has 5 heteroatoms. The Bertz CT molecular complexity index is 345. The van der Waals surface area contributed by atoms with Crippen LogP contribution in [-0.4, -0.2) is 44.4 Å². The topological polar surface area (TPSA) is 60.6 Å². The van der Waals surface area contributed by atoms with Crippen LogP contribution < -0.4 is 15.4 Å². The van der Waals surface area contributed by atoms with Crippen LogP contribution in [-0.2, 0) is 4.74 Å². The van der Waals surface area contributed by atoms with Gasteiger partial charge in [-0.3, -0.25) is 0 Å². The highest BCUT2D eigenvalue weighted by Crippen LogP contribution is 2.26. The summed E-state index contributed by atoms with van der Waals surface area (Å²) in [5.41, 5.74) is 5.39. The lowest BCUT2D eigenvalue weighted by Gasteiger charge is -2.28. The number of nitrogens with zero attached hydrogens (tertiary/aromatic N) is 2. The maximum absolute atomic E-state index is 5.42. The summed E-state index contributed by atoms with van der Waals surface area (Å²) in [6.45, 7) is 6.79. The molecule has 102 valence electrons. The number of aromatic nitrogens is 1. The molecule has 0 amide bonds. The van der Waals surface area contributed by atoms with E-state index in [1.54, 1.807) is 13.3 Å². The normalized spacial score (nSPS) is 10.7. The van der Waals surface area contributed by atoms with Gasteiger partial charge in [-0.05, 0) is 26.0 Å². The third-order valence-corrected chi connectivity index (χ3v) is 2.60. The highest BCUT2D eigenvalue weighted by molar-refractivity contribution is 5.52. The smallest absolute Gasteiger partial charge is 0.171 e. The Kier molecular flexibility index (Phi) is 6.46. The van der Waals surface area contributed by atoms with Crippen LogP contribution in [0.25, 0.3) is 0 Å².